The van der Waals surface area contributed by atoms with Crippen LogP contribution >= 0.6 is 0 Å². The fourth-order valence-corrected chi connectivity index (χ4v) is 2.69. The minimum Gasteiger partial charge on any atom is -0.330 e. The second-order valence-electron chi connectivity index (χ2n) is 5.34. The van der Waals surface area contributed by atoms with E-state index in [0.717, 1.165) is 39.0 Å². The molecule has 0 amide bonds. The molecule has 1 aliphatic rings. The molecule has 0 bridgehead atoms. The molecule has 3 nitrogen and oxygen atoms in total. The SMILES string of the molecule is CN1CCN(C(CCCN)c2ccc(F)cc2)CC1. The maximum atomic E-state index is 13.1. The molecule has 1 atom stereocenters. The molecule has 0 saturated carbocycles. The number of nitrogens with zero attached hydrogens (tertiary/aromatic N) is 2. The number of halogens is 1. The van der Waals surface area contributed by atoms with Gasteiger partial charge in [0.05, 0.1) is 0 Å². The molecule has 0 aromatic heterocycles. The highest BCUT2D eigenvalue weighted by molar-refractivity contribution is 5.20. The zero-order valence-corrected chi connectivity index (χ0v) is 11.7. The summed E-state index contributed by atoms with van der Waals surface area (Å²) in [7, 11) is 2.16. The molecule has 2 rings (SSSR count). The van der Waals surface area contributed by atoms with Crippen molar-refractivity contribution >= 4 is 0 Å². The summed E-state index contributed by atoms with van der Waals surface area (Å²) in [5.74, 6) is -0.167. The van der Waals surface area contributed by atoms with Gasteiger partial charge in [-0.25, -0.2) is 4.39 Å². The summed E-state index contributed by atoms with van der Waals surface area (Å²) >= 11 is 0. The lowest BCUT2D eigenvalue weighted by molar-refractivity contribution is 0.106. The number of nitrogens with two attached hydrogens (primary N) is 1. The maximum absolute atomic E-state index is 13.1. The second-order valence-corrected chi connectivity index (χ2v) is 5.34. The van der Waals surface area contributed by atoms with Gasteiger partial charge in [-0.1, -0.05) is 12.1 Å². The number of piperazine rings is 1. The highest BCUT2D eigenvalue weighted by Crippen LogP contribution is 2.26. The standard InChI is InChI=1S/C15H24FN3/c1-18-9-11-19(12-10-18)15(3-2-8-17)13-4-6-14(16)7-5-13/h4-7,15H,2-3,8-12,17H2,1H3. The van der Waals surface area contributed by atoms with E-state index in [-0.39, 0.29) is 5.82 Å². The van der Waals surface area contributed by atoms with Gasteiger partial charge in [0.25, 0.3) is 0 Å². The Balaban J connectivity index is 2.08. The lowest BCUT2D eigenvalue weighted by Crippen LogP contribution is -2.46. The van der Waals surface area contributed by atoms with Gasteiger partial charge in [-0.05, 0) is 44.1 Å². The van der Waals surface area contributed by atoms with E-state index in [9.17, 15) is 4.39 Å². The van der Waals surface area contributed by atoms with Crippen LogP contribution in [0.25, 0.3) is 0 Å². The number of hydrogen-bond donors (Lipinski definition) is 1. The first-order chi connectivity index (χ1) is 9.20. The maximum Gasteiger partial charge on any atom is 0.123 e. The number of rotatable bonds is 5. The highest BCUT2D eigenvalue weighted by atomic mass is 19.1. The van der Waals surface area contributed by atoms with Gasteiger partial charge >= 0.3 is 0 Å². The third-order valence-electron chi connectivity index (χ3n) is 3.92. The van der Waals surface area contributed by atoms with Crippen molar-refractivity contribution in [3.63, 3.8) is 0 Å². The van der Waals surface area contributed by atoms with Gasteiger partial charge in [0.15, 0.2) is 0 Å². The zero-order chi connectivity index (χ0) is 13.7. The Kier molecular flexibility index (Phi) is 5.31. The summed E-state index contributed by atoms with van der Waals surface area (Å²) in [5, 5.41) is 0. The summed E-state index contributed by atoms with van der Waals surface area (Å²) in [6, 6.07) is 7.31. The summed E-state index contributed by atoms with van der Waals surface area (Å²) in [6.45, 7) is 5.05. The van der Waals surface area contributed by atoms with Crippen LogP contribution in [0, 0.1) is 5.82 Å². The third-order valence-corrected chi connectivity index (χ3v) is 3.92. The molecule has 0 radical (unpaired) electrons. The third kappa shape index (κ3) is 4.00. The van der Waals surface area contributed by atoms with Crippen molar-refractivity contribution in [1.82, 2.24) is 9.80 Å². The van der Waals surface area contributed by atoms with Crippen LogP contribution in [0.4, 0.5) is 4.39 Å². The summed E-state index contributed by atoms with van der Waals surface area (Å²) in [4.78, 5) is 4.85. The molecule has 1 aliphatic heterocycles. The Labute approximate surface area is 115 Å². The van der Waals surface area contributed by atoms with E-state index in [4.69, 9.17) is 5.73 Å². The minimum atomic E-state index is -0.167. The van der Waals surface area contributed by atoms with Crippen molar-refractivity contribution in [1.29, 1.82) is 0 Å². The average molecular weight is 265 g/mol. The number of hydrogen-bond acceptors (Lipinski definition) is 3. The molecular formula is C15H24FN3. The second kappa shape index (κ2) is 6.98. The summed E-state index contributed by atoms with van der Waals surface area (Å²) in [5.41, 5.74) is 6.85. The van der Waals surface area contributed by atoms with Crippen molar-refractivity contribution in [2.24, 2.45) is 5.73 Å². The monoisotopic (exact) mass is 265 g/mol. The first-order valence-corrected chi connectivity index (χ1v) is 7.09. The van der Waals surface area contributed by atoms with Gasteiger partial charge in [0.1, 0.15) is 5.82 Å². The average Bonchev–Trinajstić information content (AvgIpc) is 2.43. The zero-order valence-electron chi connectivity index (χ0n) is 11.7. The number of benzene rings is 1. The van der Waals surface area contributed by atoms with Crippen LogP contribution in [0.15, 0.2) is 24.3 Å². The molecule has 1 saturated heterocycles. The van der Waals surface area contributed by atoms with Crippen LogP contribution in [0.5, 0.6) is 0 Å². The highest BCUT2D eigenvalue weighted by Gasteiger charge is 2.23. The molecule has 1 aromatic rings. The van der Waals surface area contributed by atoms with Crippen molar-refractivity contribution < 1.29 is 4.39 Å². The first kappa shape index (κ1) is 14.4. The van der Waals surface area contributed by atoms with Crippen molar-refractivity contribution in [3.05, 3.63) is 35.6 Å². The van der Waals surface area contributed by atoms with Crippen LogP contribution in [0.2, 0.25) is 0 Å². The molecule has 19 heavy (non-hydrogen) atoms. The Morgan fingerprint density at radius 2 is 1.79 bits per heavy atom. The van der Waals surface area contributed by atoms with E-state index in [2.05, 4.69) is 16.8 Å². The largest absolute Gasteiger partial charge is 0.330 e. The molecule has 1 heterocycles. The molecule has 2 N–H and O–H groups in total. The quantitative estimate of drug-likeness (QED) is 0.882. The fraction of sp³-hybridized carbons (Fsp3) is 0.600. The van der Waals surface area contributed by atoms with Crippen LogP contribution in [0.3, 0.4) is 0 Å². The van der Waals surface area contributed by atoms with Gasteiger partial charge in [0.2, 0.25) is 0 Å². The van der Waals surface area contributed by atoms with E-state index < -0.39 is 0 Å². The lowest BCUT2D eigenvalue weighted by atomic mass is 9.99. The number of likely N-dealkylation sites (N-methyl/N-ethyl adjacent to an activating group) is 1. The van der Waals surface area contributed by atoms with Crippen molar-refractivity contribution in [2.75, 3.05) is 39.8 Å². The van der Waals surface area contributed by atoms with E-state index in [1.165, 1.54) is 5.56 Å². The van der Waals surface area contributed by atoms with E-state index in [0.29, 0.717) is 12.6 Å². The van der Waals surface area contributed by atoms with Crippen molar-refractivity contribution in [3.8, 4) is 0 Å². The van der Waals surface area contributed by atoms with Gasteiger partial charge in [0, 0.05) is 32.2 Å². The molecular weight excluding hydrogens is 241 g/mol. The summed E-state index contributed by atoms with van der Waals surface area (Å²) < 4.78 is 13.1. The predicted octanol–water partition coefficient (Wildman–Crippen LogP) is 1.85. The normalized spacial score (nSPS) is 19.5. The van der Waals surface area contributed by atoms with Crippen LogP contribution in [0.1, 0.15) is 24.4 Å². The van der Waals surface area contributed by atoms with E-state index in [1.54, 1.807) is 12.1 Å². The van der Waals surface area contributed by atoms with E-state index in [1.807, 2.05) is 12.1 Å². The van der Waals surface area contributed by atoms with Crippen LogP contribution in [-0.4, -0.2) is 49.6 Å². The Morgan fingerprint density at radius 3 is 2.37 bits per heavy atom. The smallest absolute Gasteiger partial charge is 0.123 e. The summed E-state index contributed by atoms with van der Waals surface area (Å²) in [6.07, 6.45) is 2.06. The van der Waals surface area contributed by atoms with Gasteiger partial charge < -0.3 is 10.6 Å². The molecule has 1 aromatic carbocycles. The first-order valence-electron chi connectivity index (χ1n) is 7.09. The lowest BCUT2D eigenvalue weighted by Gasteiger charge is -2.38. The molecule has 1 unspecified atom stereocenters. The van der Waals surface area contributed by atoms with Gasteiger partial charge in [-0.3, -0.25) is 4.90 Å². The molecule has 4 heteroatoms. The molecule has 1 fully saturated rings. The van der Waals surface area contributed by atoms with Crippen molar-refractivity contribution in [2.45, 2.75) is 18.9 Å². The van der Waals surface area contributed by atoms with E-state index >= 15 is 0 Å². The van der Waals surface area contributed by atoms with Crippen LogP contribution in [-0.2, 0) is 0 Å². The molecule has 106 valence electrons. The van der Waals surface area contributed by atoms with Crippen LogP contribution < -0.4 is 5.73 Å². The molecule has 0 spiro atoms. The minimum absolute atomic E-state index is 0.167. The Hall–Kier alpha value is -0.970. The molecule has 0 aliphatic carbocycles. The topological polar surface area (TPSA) is 32.5 Å². The van der Waals surface area contributed by atoms with Gasteiger partial charge in [-0.15, -0.1) is 0 Å². The Bertz CT molecular complexity index is 371. The Morgan fingerprint density at radius 1 is 1.16 bits per heavy atom. The van der Waals surface area contributed by atoms with Gasteiger partial charge in [-0.2, -0.15) is 0 Å². The predicted molar refractivity (Wildman–Crippen MR) is 76.5 cm³/mol. The fourth-order valence-electron chi connectivity index (χ4n) is 2.69.